The van der Waals surface area contributed by atoms with Gasteiger partial charge in [-0.05, 0) is 104 Å². The largest absolute Gasteiger partial charge is 0.497 e. The molecule has 0 aromatic heterocycles. The van der Waals surface area contributed by atoms with Crippen molar-refractivity contribution < 1.29 is 22.7 Å². The minimum Gasteiger partial charge on any atom is -0.497 e. The van der Waals surface area contributed by atoms with Crippen molar-refractivity contribution in [3.8, 4) is 5.75 Å². The Labute approximate surface area is 250 Å². The molecule has 0 radical (unpaired) electrons. The first-order valence-electron chi connectivity index (χ1n) is 12.9. The zero-order valence-corrected chi connectivity index (χ0v) is 26.4. The summed E-state index contributed by atoms with van der Waals surface area (Å²) in [6, 6.07) is 21.3. The second-order valence-electron chi connectivity index (χ2n) is 10.3. The molecule has 3 aromatic rings. The molecule has 214 valence electrons. The lowest BCUT2D eigenvalue weighted by molar-refractivity contribution is -0.141. The van der Waals surface area contributed by atoms with Crippen molar-refractivity contribution >= 4 is 50.1 Å². The fraction of sp³-hybridized carbons (Fsp3) is 0.333. The molecule has 0 spiro atoms. The molecule has 0 saturated carbocycles. The topological polar surface area (TPSA) is 96.0 Å². The maximum atomic E-state index is 14.1. The molecule has 0 saturated heterocycles. The molecule has 1 atom stereocenters. The van der Waals surface area contributed by atoms with Crippen molar-refractivity contribution in [3.63, 3.8) is 0 Å². The fourth-order valence-corrected chi connectivity index (χ4v) is 5.99. The predicted molar refractivity (Wildman–Crippen MR) is 166 cm³/mol. The number of nitrogens with one attached hydrogen (secondary N) is 1. The number of methoxy groups -OCH3 is 1. The molecule has 3 rings (SSSR count). The number of hydrogen-bond donors (Lipinski definition) is 1. The zero-order chi connectivity index (χ0) is 29.5. The normalized spacial score (nSPS) is 12.3. The number of anilines is 1. The van der Waals surface area contributed by atoms with Crippen LogP contribution >= 0.6 is 22.6 Å². The van der Waals surface area contributed by atoms with Crippen LogP contribution in [0.5, 0.6) is 5.75 Å². The van der Waals surface area contributed by atoms with Crippen LogP contribution in [0.25, 0.3) is 0 Å². The highest BCUT2D eigenvalue weighted by Gasteiger charge is 2.34. The van der Waals surface area contributed by atoms with E-state index in [1.807, 2.05) is 39.8 Å². The number of amides is 2. The van der Waals surface area contributed by atoms with E-state index in [1.54, 1.807) is 61.7 Å². The number of rotatable bonds is 11. The second kappa shape index (κ2) is 13.5. The van der Waals surface area contributed by atoms with Gasteiger partial charge in [-0.1, -0.05) is 37.3 Å². The van der Waals surface area contributed by atoms with Crippen molar-refractivity contribution in [2.24, 2.45) is 0 Å². The zero-order valence-electron chi connectivity index (χ0n) is 23.4. The van der Waals surface area contributed by atoms with Crippen molar-refractivity contribution in [3.05, 3.63) is 88.0 Å². The molecule has 0 aliphatic heterocycles. The van der Waals surface area contributed by atoms with Gasteiger partial charge in [-0.25, -0.2) is 8.42 Å². The van der Waals surface area contributed by atoms with Gasteiger partial charge in [0.25, 0.3) is 10.0 Å². The number of hydrogen-bond acceptors (Lipinski definition) is 5. The van der Waals surface area contributed by atoms with Crippen molar-refractivity contribution in [2.75, 3.05) is 18.0 Å². The van der Waals surface area contributed by atoms with E-state index in [4.69, 9.17) is 4.74 Å². The van der Waals surface area contributed by atoms with Crippen LogP contribution in [0, 0.1) is 3.57 Å². The van der Waals surface area contributed by atoms with E-state index >= 15 is 0 Å². The standard InChI is InChI=1S/C30H36IN3O5S/c1-6-27(29(36)32-30(2,3)4)33(20-22-11-10-12-25(19-22)39-5)28(35)21-34(24-17-15-23(31)16-18-24)40(37,38)26-13-8-7-9-14-26/h7-19,27H,6,20-21H2,1-5H3,(H,32,36)/t27-/m0/s1. The third-order valence-electron chi connectivity index (χ3n) is 6.10. The van der Waals surface area contributed by atoms with E-state index in [9.17, 15) is 18.0 Å². The smallest absolute Gasteiger partial charge is 0.264 e. The van der Waals surface area contributed by atoms with Gasteiger partial charge in [-0.15, -0.1) is 0 Å². The minimum atomic E-state index is -4.10. The van der Waals surface area contributed by atoms with E-state index in [0.29, 0.717) is 17.9 Å². The number of benzene rings is 3. The summed E-state index contributed by atoms with van der Waals surface area (Å²) in [6.45, 7) is 7.06. The van der Waals surface area contributed by atoms with Gasteiger partial charge >= 0.3 is 0 Å². The lowest BCUT2D eigenvalue weighted by Gasteiger charge is -2.34. The number of carbonyl (C=O) groups is 2. The number of sulfonamides is 1. The summed E-state index contributed by atoms with van der Waals surface area (Å²) in [5.74, 6) is -0.195. The van der Waals surface area contributed by atoms with Crippen LogP contribution in [-0.4, -0.2) is 50.4 Å². The Morgan fingerprint density at radius 1 is 0.975 bits per heavy atom. The van der Waals surface area contributed by atoms with Crippen LogP contribution in [0.2, 0.25) is 0 Å². The summed E-state index contributed by atoms with van der Waals surface area (Å²) in [5.41, 5.74) is 0.589. The van der Waals surface area contributed by atoms with Gasteiger partial charge in [0.15, 0.2) is 0 Å². The highest BCUT2D eigenvalue weighted by Crippen LogP contribution is 2.26. The Balaban J connectivity index is 2.06. The van der Waals surface area contributed by atoms with Crippen molar-refractivity contribution in [1.29, 1.82) is 0 Å². The monoisotopic (exact) mass is 677 g/mol. The summed E-state index contributed by atoms with van der Waals surface area (Å²) >= 11 is 2.14. The Morgan fingerprint density at radius 2 is 1.62 bits per heavy atom. The molecule has 40 heavy (non-hydrogen) atoms. The highest BCUT2D eigenvalue weighted by molar-refractivity contribution is 14.1. The lowest BCUT2D eigenvalue weighted by atomic mass is 10.1. The molecule has 0 aliphatic carbocycles. The van der Waals surface area contributed by atoms with Crippen LogP contribution in [0.4, 0.5) is 5.69 Å². The van der Waals surface area contributed by atoms with E-state index in [2.05, 4.69) is 27.9 Å². The van der Waals surface area contributed by atoms with Gasteiger partial charge in [-0.2, -0.15) is 0 Å². The van der Waals surface area contributed by atoms with Crippen LogP contribution in [0.3, 0.4) is 0 Å². The molecule has 3 aromatic carbocycles. The third-order valence-corrected chi connectivity index (χ3v) is 8.60. The predicted octanol–water partition coefficient (Wildman–Crippen LogP) is 5.22. The van der Waals surface area contributed by atoms with Crippen LogP contribution in [0.1, 0.15) is 39.7 Å². The van der Waals surface area contributed by atoms with E-state index in [1.165, 1.54) is 17.0 Å². The summed E-state index contributed by atoms with van der Waals surface area (Å²) in [7, 11) is -2.54. The van der Waals surface area contributed by atoms with Gasteiger partial charge in [0.1, 0.15) is 18.3 Å². The Bertz CT molecular complexity index is 1410. The minimum absolute atomic E-state index is 0.0678. The van der Waals surface area contributed by atoms with Gasteiger partial charge in [0.2, 0.25) is 11.8 Å². The molecule has 0 heterocycles. The maximum Gasteiger partial charge on any atom is 0.264 e. The molecular weight excluding hydrogens is 641 g/mol. The molecule has 0 bridgehead atoms. The summed E-state index contributed by atoms with van der Waals surface area (Å²) in [5, 5.41) is 2.97. The quantitative estimate of drug-likeness (QED) is 0.281. The molecule has 0 fully saturated rings. The Morgan fingerprint density at radius 3 is 2.20 bits per heavy atom. The molecular formula is C30H36IN3O5S. The number of halogens is 1. The van der Waals surface area contributed by atoms with E-state index in [-0.39, 0.29) is 17.3 Å². The average Bonchev–Trinajstić information content (AvgIpc) is 2.91. The van der Waals surface area contributed by atoms with Gasteiger partial charge in [-0.3, -0.25) is 13.9 Å². The third kappa shape index (κ3) is 8.20. The van der Waals surface area contributed by atoms with E-state index in [0.717, 1.165) is 13.4 Å². The number of carbonyl (C=O) groups excluding carboxylic acids is 2. The first-order valence-corrected chi connectivity index (χ1v) is 15.5. The average molecular weight is 678 g/mol. The van der Waals surface area contributed by atoms with Gasteiger partial charge in [0, 0.05) is 15.7 Å². The Hall–Kier alpha value is -3.12. The summed E-state index contributed by atoms with van der Waals surface area (Å²) in [6.07, 6.45) is 0.340. The van der Waals surface area contributed by atoms with Crippen LogP contribution in [0.15, 0.2) is 83.8 Å². The van der Waals surface area contributed by atoms with Gasteiger partial charge in [0.05, 0.1) is 17.7 Å². The van der Waals surface area contributed by atoms with Crippen molar-refractivity contribution in [2.45, 2.75) is 57.1 Å². The summed E-state index contributed by atoms with van der Waals surface area (Å²) < 4.78 is 35.1. The fourth-order valence-electron chi connectivity index (χ4n) is 4.20. The molecule has 0 unspecified atom stereocenters. The number of nitrogens with zero attached hydrogens (tertiary/aromatic N) is 2. The maximum absolute atomic E-state index is 14.1. The molecule has 0 aliphatic rings. The Kier molecular flexibility index (Phi) is 10.6. The molecule has 1 N–H and O–H groups in total. The van der Waals surface area contributed by atoms with E-state index < -0.39 is 34.1 Å². The highest BCUT2D eigenvalue weighted by atomic mass is 127. The number of ether oxygens (including phenoxy) is 1. The first-order chi connectivity index (χ1) is 18.9. The summed E-state index contributed by atoms with van der Waals surface area (Å²) in [4.78, 5) is 29.0. The SMILES string of the molecule is CC[C@@H](C(=O)NC(C)(C)C)N(Cc1cccc(OC)c1)C(=O)CN(c1ccc(I)cc1)S(=O)(=O)c1ccccc1. The van der Waals surface area contributed by atoms with Gasteiger partial charge < -0.3 is 15.0 Å². The van der Waals surface area contributed by atoms with Crippen LogP contribution in [-0.2, 0) is 26.2 Å². The van der Waals surface area contributed by atoms with Crippen LogP contribution < -0.4 is 14.4 Å². The molecule has 2 amide bonds. The molecule has 10 heteroatoms. The second-order valence-corrected chi connectivity index (χ2v) is 13.4. The lowest BCUT2D eigenvalue weighted by Crippen LogP contribution is -2.55. The first kappa shape index (κ1) is 31.4. The van der Waals surface area contributed by atoms with Crippen molar-refractivity contribution in [1.82, 2.24) is 10.2 Å². The molecule has 8 nitrogen and oxygen atoms in total.